The summed E-state index contributed by atoms with van der Waals surface area (Å²) >= 11 is 5.62. The molecule has 0 spiro atoms. The van der Waals surface area contributed by atoms with Crippen molar-refractivity contribution >= 4 is 17.5 Å². The Kier molecular flexibility index (Phi) is 4.58. The predicted molar refractivity (Wildman–Crippen MR) is 70.3 cm³/mol. The van der Waals surface area contributed by atoms with Crippen LogP contribution in [0.2, 0.25) is 5.22 Å². The number of carbonyl (C=O) groups is 1. The Morgan fingerprint density at radius 2 is 1.95 bits per heavy atom. The number of benzene rings is 1. The summed E-state index contributed by atoms with van der Waals surface area (Å²) in [6.07, 6.45) is 0.922. The molecule has 2 rings (SSSR count). The SMILES string of the molecule is O=C(CCc1ccc(F)cc1)NCc1ccc(Cl)o1. The second-order valence-electron chi connectivity index (χ2n) is 4.11. The highest BCUT2D eigenvalue weighted by Gasteiger charge is 2.05. The van der Waals surface area contributed by atoms with Gasteiger partial charge in [-0.3, -0.25) is 4.79 Å². The van der Waals surface area contributed by atoms with Crippen molar-refractivity contribution in [2.75, 3.05) is 0 Å². The zero-order valence-corrected chi connectivity index (χ0v) is 10.9. The van der Waals surface area contributed by atoms with E-state index < -0.39 is 0 Å². The Hall–Kier alpha value is -1.81. The smallest absolute Gasteiger partial charge is 0.220 e. The molecule has 0 saturated carbocycles. The third-order valence-electron chi connectivity index (χ3n) is 2.64. The summed E-state index contributed by atoms with van der Waals surface area (Å²) in [5.41, 5.74) is 0.928. The monoisotopic (exact) mass is 281 g/mol. The third kappa shape index (κ3) is 4.41. The van der Waals surface area contributed by atoms with E-state index in [0.717, 1.165) is 5.56 Å². The maximum atomic E-state index is 12.7. The number of amides is 1. The van der Waals surface area contributed by atoms with Gasteiger partial charge in [-0.2, -0.15) is 0 Å². The van der Waals surface area contributed by atoms with Crippen LogP contribution in [0.1, 0.15) is 17.7 Å². The van der Waals surface area contributed by atoms with Crippen molar-refractivity contribution in [2.45, 2.75) is 19.4 Å². The molecule has 100 valence electrons. The molecule has 0 atom stereocenters. The number of furan rings is 1. The van der Waals surface area contributed by atoms with Crippen molar-refractivity contribution in [3.8, 4) is 0 Å². The van der Waals surface area contributed by atoms with E-state index in [1.54, 1.807) is 24.3 Å². The standard InChI is InChI=1S/C14H13ClFNO2/c15-13-7-6-12(19-13)9-17-14(18)8-3-10-1-4-11(16)5-2-10/h1-2,4-7H,3,8-9H2,(H,17,18). The molecule has 1 amide bonds. The van der Waals surface area contributed by atoms with Crippen LogP contribution in [0.25, 0.3) is 0 Å². The van der Waals surface area contributed by atoms with Gasteiger partial charge in [-0.25, -0.2) is 4.39 Å². The molecular formula is C14H13ClFNO2. The first kappa shape index (κ1) is 13.6. The number of nitrogens with one attached hydrogen (secondary N) is 1. The Morgan fingerprint density at radius 3 is 2.58 bits per heavy atom. The van der Waals surface area contributed by atoms with Crippen LogP contribution in [0.5, 0.6) is 0 Å². The summed E-state index contributed by atoms with van der Waals surface area (Å²) in [4.78, 5) is 11.6. The molecule has 0 fully saturated rings. The van der Waals surface area contributed by atoms with Crippen molar-refractivity contribution in [1.82, 2.24) is 5.32 Å². The number of carbonyl (C=O) groups excluding carboxylic acids is 1. The summed E-state index contributed by atoms with van der Waals surface area (Å²) in [7, 11) is 0. The molecule has 0 aliphatic heterocycles. The molecular weight excluding hydrogens is 269 g/mol. The first-order chi connectivity index (χ1) is 9.13. The summed E-state index contributed by atoms with van der Waals surface area (Å²) in [6, 6.07) is 9.46. The van der Waals surface area contributed by atoms with Crippen LogP contribution < -0.4 is 5.32 Å². The van der Waals surface area contributed by atoms with Crippen LogP contribution in [0, 0.1) is 5.82 Å². The molecule has 1 heterocycles. The van der Waals surface area contributed by atoms with Crippen molar-refractivity contribution in [3.63, 3.8) is 0 Å². The van der Waals surface area contributed by atoms with E-state index in [-0.39, 0.29) is 11.7 Å². The van der Waals surface area contributed by atoms with E-state index in [4.69, 9.17) is 16.0 Å². The highest BCUT2D eigenvalue weighted by molar-refractivity contribution is 6.28. The molecule has 3 nitrogen and oxygen atoms in total. The highest BCUT2D eigenvalue weighted by atomic mass is 35.5. The fraction of sp³-hybridized carbons (Fsp3) is 0.214. The molecule has 0 unspecified atom stereocenters. The van der Waals surface area contributed by atoms with E-state index >= 15 is 0 Å². The molecule has 0 aliphatic rings. The molecule has 0 saturated heterocycles. The van der Waals surface area contributed by atoms with Gasteiger partial charge < -0.3 is 9.73 Å². The normalized spacial score (nSPS) is 10.4. The fourth-order valence-corrected chi connectivity index (χ4v) is 1.79. The summed E-state index contributed by atoms with van der Waals surface area (Å²) < 4.78 is 17.8. The quantitative estimate of drug-likeness (QED) is 0.913. The Bertz CT molecular complexity index is 551. The summed E-state index contributed by atoms with van der Waals surface area (Å²) in [5, 5.41) is 3.03. The van der Waals surface area contributed by atoms with Gasteiger partial charge in [0.25, 0.3) is 0 Å². The van der Waals surface area contributed by atoms with Gasteiger partial charge in [0, 0.05) is 6.42 Å². The molecule has 0 bridgehead atoms. The minimum Gasteiger partial charge on any atom is -0.448 e. The predicted octanol–water partition coefficient (Wildman–Crippen LogP) is 3.32. The average Bonchev–Trinajstić information content (AvgIpc) is 2.81. The summed E-state index contributed by atoms with van der Waals surface area (Å²) in [5.74, 6) is 0.250. The lowest BCUT2D eigenvalue weighted by molar-refractivity contribution is -0.121. The number of aryl methyl sites for hydroxylation is 1. The number of rotatable bonds is 5. The molecule has 19 heavy (non-hydrogen) atoms. The van der Waals surface area contributed by atoms with Gasteiger partial charge in [0.1, 0.15) is 11.6 Å². The molecule has 1 aromatic heterocycles. The zero-order chi connectivity index (χ0) is 13.7. The molecule has 2 aromatic rings. The van der Waals surface area contributed by atoms with Gasteiger partial charge in [-0.1, -0.05) is 12.1 Å². The van der Waals surface area contributed by atoms with Gasteiger partial charge in [0.15, 0.2) is 5.22 Å². The van der Waals surface area contributed by atoms with Crippen molar-refractivity contribution in [2.24, 2.45) is 0 Å². The van der Waals surface area contributed by atoms with E-state index in [2.05, 4.69) is 5.32 Å². The van der Waals surface area contributed by atoms with Crippen LogP contribution in [-0.2, 0) is 17.8 Å². The van der Waals surface area contributed by atoms with E-state index in [1.807, 2.05) is 0 Å². The molecule has 0 aliphatic carbocycles. The minimum absolute atomic E-state index is 0.0863. The van der Waals surface area contributed by atoms with Gasteiger partial charge in [-0.15, -0.1) is 0 Å². The van der Waals surface area contributed by atoms with E-state index in [9.17, 15) is 9.18 Å². The van der Waals surface area contributed by atoms with Crippen LogP contribution >= 0.6 is 11.6 Å². The first-order valence-corrected chi connectivity index (χ1v) is 6.26. The van der Waals surface area contributed by atoms with Crippen LogP contribution in [-0.4, -0.2) is 5.91 Å². The maximum absolute atomic E-state index is 12.7. The Labute approximate surface area is 115 Å². The first-order valence-electron chi connectivity index (χ1n) is 5.89. The largest absolute Gasteiger partial charge is 0.448 e. The Balaban J connectivity index is 1.74. The lowest BCUT2D eigenvalue weighted by Crippen LogP contribution is -2.22. The number of halogens is 2. The molecule has 1 N–H and O–H groups in total. The Morgan fingerprint density at radius 1 is 1.21 bits per heavy atom. The zero-order valence-electron chi connectivity index (χ0n) is 10.2. The van der Waals surface area contributed by atoms with Crippen LogP contribution in [0.15, 0.2) is 40.8 Å². The van der Waals surface area contributed by atoms with E-state index in [0.29, 0.717) is 30.4 Å². The van der Waals surface area contributed by atoms with Crippen LogP contribution in [0.3, 0.4) is 0 Å². The summed E-state index contributed by atoms with van der Waals surface area (Å²) in [6.45, 7) is 0.314. The second kappa shape index (κ2) is 6.38. The number of hydrogen-bond acceptors (Lipinski definition) is 2. The van der Waals surface area contributed by atoms with Crippen molar-refractivity contribution in [1.29, 1.82) is 0 Å². The van der Waals surface area contributed by atoms with Gasteiger partial charge in [0.2, 0.25) is 5.91 Å². The highest BCUT2D eigenvalue weighted by Crippen LogP contribution is 2.12. The number of hydrogen-bond donors (Lipinski definition) is 1. The van der Waals surface area contributed by atoms with Crippen LogP contribution in [0.4, 0.5) is 4.39 Å². The molecule has 0 radical (unpaired) electrons. The minimum atomic E-state index is -0.275. The third-order valence-corrected chi connectivity index (χ3v) is 2.85. The van der Waals surface area contributed by atoms with Gasteiger partial charge in [0.05, 0.1) is 6.54 Å². The van der Waals surface area contributed by atoms with E-state index in [1.165, 1.54) is 12.1 Å². The van der Waals surface area contributed by atoms with Gasteiger partial charge in [-0.05, 0) is 47.9 Å². The van der Waals surface area contributed by atoms with Gasteiger partial charge >= 0.3 is 0 Å². The maximum Gasteiger partial charge on any atom is 0.220 e. The van der Waals surface area contributed by atoms with Crippen molar-refractivity contribution < 1.29 is 13.6 Å². The molecule has 1 aromatic carbocycles. The average molecular weight is 282 g/mol. The lowest BCUT2D eigenvalue weighted by Gasteiger charge is -2.03. The van der Waals surface area contributed by atoms with Crippen molar-refractivity contribution in [3.05, 3.63) is 58.8 Å². The second-order valence-corrected chi connectivity index (χ2v) is 4.48. The molecule has 5 heteroatoms. The topological polar surface area (TPSA) is 42.2 Å². The lowest BCUT2D eigenvalue weighted by atomic mass is 10.1. The fourth-order valence-electron chi connectivity index (χ4n) is 1.63.